The van der Waals surface area contributed by atoms with Gasteiger partial charge in [-0.2, -0.15) is 0 Å². The second kappa shape index (κ2) is 11.5. The minimum Gasteiger partial charge on any atom is -0.353 e. The lowest BCUT2D eigenvalue weighted by atomic mass is 10.3. The molecule has 0 bridgehead atoms. The Morgan fingerprint density at radius 3 is 1.91 bits per heavy atom. The maximum atomic E-state index is 12.1. The Labute approximate surface area is 146 Å². The number of nitrogens with one attached hydrogen (secondary N) is 2. The van der Waals surface area contributed by atoms with Gasteiger partial charge in [0.05, 0.1) is 0 Å². The molecule has 23 heavy (non-hydrogen) atoms. The van der Waals surface area contributed by atoms with Crippen LogP contribution in [0.25, 0.3) is 0 Å². The van der Waals surface area contributed by atoms with Crippen LogP contribution in [-0.4, -0.2) is 46.1 Å². The van der Waals surface area contributed by atoms with E-state index in [1.165, 1.54) is 18.7 Å². The van der Waals surface area contributed by atoms with Crippen LogP contribution in [0.4, 0.5) is 0 Å². The topological polar surface area (TPSA) is 92.3 Å². The molecule has 2 amide bonds. The number of amides is 2. The van der Waals surface area contributed by atoms with Crippen LogP contribution < -0.4 is 10.6 Å². The van der Waals surface area contributed by atoms with E-state index in [4.69, 9.17) is 0 Å². The molecule has 2 N–H and O–H groups in total. The predicted octanol–water partition coefficient (Wildman–Crippen LogP) is 1.44. The zero-order chi connectivity index (χ0) is 18.0. The summed E-state index contributed by atoms with van der Waals surface area (Å²) in [5.41, 5.74) is 0. The van der Waals surface area contributed by atoms with Gasteiger partial charge in [0, 0.05) is 36.8 Å². The Hall–Kier alpha value is -1.02. The van der Waals surface area contributed by atoms with Crippen LogP contribution in [0.5, 0.6) is 0 Å². The minimum absolute atomic E-state index is 0.0220. The number of carbonyl (C=O) groups excluding carboxylic acids is 4. The molecule has 0 aromatic heterocycles. The molecule has 0 heterocycles. The van der Waals surface area contributed by atoms with E-state index in [9.17, 15) is 19.2 Å². The zero-order valence-corrected chi connectivity index (χ0v) is 15.9. The second-order valence-electron chi connectivity index (χ2n) is 5.65. The van der Waals surface area contributed by atoms with Crippen LogP contribution in [0.3, 0.4) is 0 Å². The number of carbonyl (C=O) groups is 4. The van der Waals surface area contributed by atoms with E-state index in [1.54, 1.807) is 13.8 Å². The maximum absolute atomic E-state index is 12.1. The van der Waals surface area contributed by atoms with Gasteiger partial charge in [0.1, 0.15) is 6.04 Å². The summed E-state index contributed by atoms with van der Waals surface area (Å²) in [4.78, 5) is 46.4. The Kier molecular flexibility index (Phi) is 11.0. The Morgan fingerprint density at radius 1 is 0.913 bits per heavy atom. The number of hydrogen-bond donors (Lipinski definition) is 2. The first-order valence-corrected chi connectivity index (χ1v) is 9.50. The minimum atomic E-state index is -0.758. The van der Waals surface area contributed by atoms with Crippen LogP contribution in [0.1, 0.15) is 34.6 Å². The number of hydrogen-bond acceptors (Lipinski definition) is 6. The summed E-state index contributed by atoms with van der Waals surface area (Å²) in [5.74, 6) is -0.164. The fraction of sp³-hybridized carbons (Fsp3) is 0.733. The van der Waals surface area contributed by atoms with Gasteiger partial charge < -0.3 is 10.6 Å². The van der Waals surface area contributed by atoms with Crippen molar-refractivity contribution < 1.29 is 19.2 Å². The molecular formula is C15H26N2O4S2. The third-order valence-corrected chi connectivity index (χ3v) is 5.09. The number of rotatable bonds is 9. The molecule has 0 aliphatic heterocycles. The lowest BCUT2D eigenvalue weighted by molar-refractivity contribution is -0.127. The average Bonchev–Trinajstić information content (AvgIpc) is 2.46. The van der Waals surface area contributed by atoms with E-state index < -0.39 is 6.04 Å². The fourth-order valence-electron chi connectivity index (χ4n) is 1.38. The lowest BCUT2D eigenvalue weighted by Gasteiger charge is -2.17. The highest BCUT2D eigenvalue weighted by atomic mass is 32.2. The number of thioether (sulfide) groups is 2. The van der Waals surface area contributed by atoms with Crippen molar-refractivity contribution in [2.75, 3.05) is 18.1 Å². The Bertz CT molecular complexity index is 439. The SMILES string of the molecule is CC(=O)N[C@@H](CSC(=O)C(C)C)C(=O)NCCSC(=O)C(C)C. The molecular weight excluding hydrogens is 336 g/mol. The van der Waals surface area contributed by atoms with E-state index in [0.717, 1.165) is 11.8 Å². The summed E-state index contributed by atoms with van der Waals surface area (Å²) in [5, 5.41) is 5.29. The first-order valence-electron chi connectivity index (χ1n) is 7.53. The summed E-state index contributed by atoms with van der Waals surface area (Å²) in [6.45, 7) is 8.87. The normalized spacial score (nSPS) is 12.1. The zero-order valence-electron chi connectivity index (χ0n) is 14.3. The van der Waals surface area contributed by atoms with Gasteiger partial charge >= 0.3 is 0 Å². The molecule has 0 aromatic rings. The summed E-state index contributed by atoms with van der Waals surface area (Å²) in [6, 6.07) is -0.758. The summed E-state index contributed by atoms with van der Waals surface area (Å²) < 4.78 is 0. The largest absolute Gasteiger partial charge is 0.353 e. The third-order valence-electron chi connectivity index (χ3n) is 2.67. The maximum Gasteiger partial charge on any atom is 0.243 e. The van der Waals surface area contributed by atoms with Crippen molar-refractivity contribution >= 4 is 45.6 Å². The van der Waals surface area contributed by atoms with Crippen molar-refractivity contribution in [3.8, 4) is 0 Å². The Morgan fingerprint density at radius 2 is 1.43 bits per heavy atom. The van der Waals surface area contributed by atoms with Gasteiger partial charge in [-0.1, -0.05) is 51.2 Å². The van der Waals surface area contributed by atoms with Crippen LogP contribution in [-0.2, 0) is 19.2 Å². The highest BCUT2D eigenvalue weighted by Crippen LogP contribution is 2.12. The summed E-state index contributed by atoms with van der Waals surface area (Å²) in [6.07, 6.45) is 0. The Balaban J connectivity index is 4.32. The molecule has 6 nitrogen and oxygen atoms in total. The standard InChI is InChI=1S/C15H26N2O4S2/c1-9(2)14(20)22-7-6-16-13(19)12(17-11(5)18)8-23-15(21)10(3)4/h9-10,12H,6-8H2,1-5H3,(H,16,19)(H,17,18)/t12-/m0/s1. The van der Waals surface area contributed by atoms with Gasteiger partial charge in [-0.15, -0.1) is 0 Å². The first kappa shape index (κ1) is 22.0. The van der Waals surface area contributed by atoms with E-state index in [2.05, 4.69) is 10.6 Å². The molecule has 0 unspecified atom stereocenters. The molecule has 0 radical (unpaired) electrons. The highest BCUT2D eigenvalue weighted by Gasteiger charge is 2.21. The second-order valence-corrected chi connectivity index (χ2v) is 7.77. The van der Waals surface area contributed by atoms with Crippen molar-refractivity contribution in [3.05, 3.63) is 0 Å². The molecule has 0 fully saturated rings. The molecule has 1 atom stereocenters. The molecule has 0 saturated carbocycles. The quantitative estimate of drug-likeness (QED) is 0.603. The smallest absolute Gasteiger partial charge is 0.243 e. The monoisotopic (exact) mass is 362 g/mol. The van der Waals surface area contributed by atoms with Gasteiger partial charge in [0.15, 0.2) is 10.2 Å². The average molecular weight is 363 g/mol. The van der Waals surface area contributed by atoms with E-state index in [0.29, 0.717) is 12.3 Å². The van der Waals surface area contributed by atoms with Crippen molar-refractivity contribution in [1.29, 1.82) is 0 Å². The lowest BCUT2D eigenvalue weighted by Crippen LogP contribution is -2.48. The van der Waals surface area contributed by atoms with Gasteiger partial charge in [0.25, 0.3) is 0 Å². The molecule has 0 saturated heterocycles. The van der Waals surface area contributed by atoms with Gasteiger partial charge in [-0.3, -0.25) is 19.2 Å². The first-order chi connectivity index (χ1) is 10.6. The van der Waals surface area contributed by atoms with E-state index in [-0.39, 0.29) is 39.6 Å². The fourth-order valence-corrected chi connectivity index (χ4v) is 3.01. The highest BCUT2D eigenvalue weighted by molar-refractivity contribution is 8.13. The van der Waals surface area contributed by atoms with Crippen LogP contribution in [0.2, 0.25) is 0 Å². The van der Waals surface area contributed by atoms with E-state index >= 15 is 0 Å². The van der Waals surface area contributed by atoms with Gasteiger partial charge in [-0.25, -0.2) is 0 Å². The molecule has 0 aliphatic rings. The van der Waals surface area contributed by atoms with Crippen LogP contribution in [0.15, 0.2) is 0 Å². The van der Waals surface area contributed by atoms with Crippen molar-refractivity contribution in [1.82, 2.24) is 10.6 Å². The van der Waals surface area contributed by atoms with Crippen molar-refractivity contribution in [2.45, 2.75) is 40.7 Å². The van der Waals surface area contributed by atoms with Crippen LogP contribution >= 0.6 is 23.5 Å². The van der Waals surface area contributed by atoms with Crippen molar-refractivity contribution in [2.24, 2.45) is 11.8 Å². The molecule has 0 spiro atoms. The van der Waals surface area contributed by atoms with Crippen LogP contribution in [0, 0.1) is 11.8 Å². The predicted molar refractivity (Wildman–Crippen MR) is 95.2 cm³/mol. The van der Waals surface area contributed by atoms with Crippen molar-refractivity contribution in [3.63, 3.8) is 0 Å². The molecule has 132 valence electrons. The van der Waals surface area contributed by atoms with Gasteiger partial charge in [-0.05, 0) is 0 Å². The van der Waals surface area contributed by atoms with E-state index in [1.807, 2.05) is 13.8 Å². The molecule has 0 aliphatic carbocycles. The summed E-state index contributed by atoms with van der Waals surface area (Å²) in [7, 11) is 0. The third kappa shape index (κ3) is 10.4. The molecule has 0 aromatic carbocycles. The molecule has 0 rings (SSSR count). The summed E-state index contributed by atoms with van der Waals surface area (Å²) >= 11 is 2.21. The molecule has 8 heteroatoms. The van der Waals surface area contributed by atoms with Gasteiger partial charge in [0.2, 0.25) is 11.8 Å².